The molecule has 0 saturated heterocycles. The fraction of sp³-hybridized carbons (Fsp3) is 0.500. The number of benzene rings is 1. The SMILES string of the molecule is CNCC(C)C(=O)NCc1cccc(NC(=O)C(C)C)c1. The molecule has 3 N–H and O–H groups in total. The average Bonchev–Trinajstić information content (AvgIpc) is 2.45. The fourth-order valence-corrected chi connectivity index (χ4v) is 1.81. The molecule has 5 nitrogen and oxygen atoms in total. The smallest absolute Gasteiger partial charge is 0.226 e. The molecule has 0 radical (unpaired) electrons. The van der Waals surface area contributed by atoms with Gasteiger partial charge in [0.1, 0.15) is 0 Å². The Hall–Kier alpha value is -1.88. The lowest BCUT2D eigenvalue weighted by molar-refractivity contribution is -0.124. The highest BCUT2D eigenvalue weighted by Crippen LogP contribution is 2.12. The summed E-state index contributed by atoms with van der Waals surface area (Å²) in [4.78, 5) is 23.5. The monoisotopic (exact) mass is 291 g/mol. The zero-order chi connectivity index (χ0) is 15.8. The Morgan fingerprint density at radius 2 is 1.86 bits per heavy atom. The third kappa shape index (κ3) is 5.95. The summed E-state index contributed by atoms with van der Waals surface area (Å²) in [6, 6.07) is 7.51. The molecule has 0 aliphatic rings. The summed E-state index contributed by atoms with van der Waals surface area (Å²) in [6.07, 6.45) is 0. The summed E-state index contributed by atoms with van der Waals surface area (Å²) in [5.41, 5.74) is 1.71. The highest BCUT2D eigenvalue weighted by Gasteiger charge is 2.11. The predicted molar refractivity (Wildman–Crippen MR) is 84.8 cm³/mol. The molecule has 1 unspecified atom stereocenters. The minimum Gasteiger partial charge on any atom is -0.352 e. The third-order valence-corrected chi connectivity index (χ3v) is 3.14. The van der Waals surface area contributed by atoms with Gasteiger partial charge in [0.2, 0.25) is 11.8 Å². The summed E-state index contributed by atoms with van der Waals surface area (Å²) in [6.45, 7) is 6.69. The Kier molecular flexibility index (Phi) is 6.88. The van der Waals surface area contributed by atoms with Gasteiger partial charge in [0.05, 0.1) is 0 Å². The average molecular weight is 291 g/mol. The lowest BCUT2D eigenvalue weighted by Crippen LogP contribution is -2.33. The predicted octanol–water partition coefficient (Wildman–Crippen LogP) is 1.75. The first kappa shape index (κ1) is 17.2. The van der Waals surface area contributed by atoms with Gasteiger partial charge in [-0.2, -0.15) is 0 Å². The van der Waals surface area contributed by atoms with Crippen molar-refractivity contribution in [1.82, 2.24) is 10.6 Å². The zero-order valence-corrected chi connectivity index (χ0v) is 13.2. The number of carbonyl (C=O) groups excluding carboxylic acids is 2. The molecule has 2 amide bonds. The number of amides is 2. The van der Waals surface area contributed by atoms with Gasteiger partial charge in [0, 0.05) is 30.6 Å². The normalized spacial score (nSPS) is 12.0. The van der Waals surface area contributed by atoms with Crippen LogP contribution in [0.2, 0.25) is 0 Å². The Balaban J connectivity index is 2.57. The zero-order valence-electron chi connectivity index (χ0n) is 13.2. The Morgan fingerprint density at radius 1 is 1.14 bits per heavy atom. The summed E-state index contributed by atoms with van der Waals surface area (Å²) in [5, 5.41) is 8.73. The Bertz CT molecular complexity index is 486. The summed E-state index contributed by atoms with van der Waals surface area (Å²) in [5.74, 6) is -0.130. The van der Waals surface area contributed by atoms with Crippen molar-refractivity contribution in [1.29, 1.82) is 0 Å². The Labute approximate surface area is 126 Å². The molecule has 0 fully saturated rings. The number of rotatable bonds is 7. The lowest BCUT2D eigenvalue weighted by Gasteiger charge is -2.13. The van der Waals surface area contributed by atoms with Crippen LogP contribution in [-0.4, -0.2) is 25.4 Å². The van der Waals surface area contributed by atoms with Crippen molar-refractivity contribution in [2.24, 2.45) is 11.8 Å². The van der Waals surface area contributed by atoms with Gasteiger partial charge in [-0.05, 0) is 24.7 Å². The molecule has 0 aliphatic carbocycles. The van der Waals surface area contributed by atoms with Gasteiger partial charge in [0.25, 0.3) is 0 Å². The van der Waals surface area contributed by atoms with E-state index in [2.05, 4.69) is 16.0 Å². The van der Waals surface area contributed by atoms with Crippen LogP contribution < -0.4 is 16.0 Å². The molecule has 0 aromatic heterocycles. The highest BCUT2D eigenvalue weighted by molar-refractivity contribution is 5.92. The van der Waals surface area contributed by atoms with E-state index >= 15 is 0 Å². The maximum Gasteiger partial charge on any atom is 0.226 e. The number of nitrogens with one attached hydrogen (secondary N) is 3. The van der Waals surface area contributed by atoms with Crippen molar-refractivity contribution in [3.8, 4) is 0 Å². The largest absolute Gasteiger partial charge is 0.352 e. The molecule has 0 aliphatic heterocycles. The van der Waals surface area contributed by atoms with Crippen molar-refractivity contribution in [3.05, 3.63) is 29.8 Å². The molecule has 0 spiro atoms. The number of hydrogen-bond donors (Lipinski definition) is 3. The van der Waals surface area contributed by atoms with Crippen LogP contribution in [0.5, 0.6) is 0 Å². The van der Waals surface area contributed by atoms with E-state index in [-0.39, 0.29) is 23.7 Å². The number of carbonyl (C=O) groups is 2. The van der Waals surface area contributed by atoms with Gasteiger partial charge < -0.3 is 16.0 Å². The topological polar surface area (TPSA) is 70.2 Å². The van der Waals surface area contributed by atoms with E-state index in [1.165, 1.54) is 0 Å². The molecule has 1 aromatic rings. The number of hydrogen-bond acceptors (Lipinski definition) is 3. The quantitative estimate of drug-likeness (QED) is 0.717. The van der Waals surface area contributed by atoms with Crippen LogP contribution in [0, 0.1) is 11.8 Å². The molecule has 0 heterocycles. The molecular formula is C16H25N3O2. The molecule has 116 valence electrons. The van der Waals surface area contributed by atoms with Crippen molar-refractivity contribution >= 4 is 17.5 Å². The highest BCUT2D eigenvalue weighted by atomic mass is 16.2. The van der Waals surface area contributed by atoms with E-state index in [9.17, 15) is 9.59 Å². The summed E-state index contributed by atoms with van der Waals surface area (Å²) < 4.78 is 0. The van der Waals surface area contributed by atoms with Gasteiger partial charge in [0.15, 0.2) is 0 Å². The van der Waals surface area contributed by atoms with Crippen molar-refractivity contribution < 1.29 is 9.59 Å². The molecule has 1 atom stereocenters. The van der Waals surface area contributed by atoms with Gasteiger partial charge in [-0.3, -0.25) is 9.59 Å². The van der Waals surface area contributed by atoms with Crippen molar-refractivity contribution in [3.63, 3.8) is 0 Å². The fourth-order valence-electron chi connectivity index (χ4n) is 1.81. The minimum absolute atomic E-state index is 0.0148. The number of anilines is 1. The van der Waals surface area contributed by atoms with E-state index in [1.54, 1.807) is 0 Å². The second kappa shape index (κ2) is 8.42. The first-order valence-corrected chi connectivity index (χ1v) is 7.26. The van der Waals surface area contributed by atoms with Crippen molar-refractivity contribution in [2.75, 3.05) is 18.9 Å². The first-order valence-electron chi connectivity index (χ1n) is 7.26. The van der Waals surface area contributed by atoms with Crippen LogP contribution in [0.3, 0.4) is 0 Å². The molecule has 0 saturated carbocycles. The van der Waals surface area contributed by atoms with Crippen LogP contribution in [-0.2, 0) is 16.1 Å². The maximum atomic E-state index is 11.8. The van der Waals surface area contributed by atoms with Gasteiger partial charge >= 0.3 is 0 Å². The second-order valence-electron chi connectivity index (χ2n) is 5.52. The molecular weight excluding hydrogens is 266 g/mol. The van der Waals surface area contributed by atoms with Gasteiger partial charge in [-0.1, -0.05) is 32.9 Å². The maximum absolute atomic E-state index is 11.8. The van der Waals surface area contributed by atoms with Gasteiger partial charge in [-0.25, -0.2) is 0 Å². The van der Waals surface area contributed by atoms with Crippen LogP contribution in [0.15, 0.2) is 24.3 Å². The second-order valence-corrected chi connectivity index (χ2v) is 5.52. The molecule has 1 rings (SSSR count). The van der Waals surface area contributed by atoms with E-state index in [0.29, 0.717) is 13.1 Å². The van der Waals surface area contributed by atoms with E-state index < -0.39 is 0 Å². The van der Waals surface area contributed by atoms with Crippen LogP contribution in [0.4, 0.5) is 5.69 Å². The first-order chi connectivity index (χ1) is 9.93. The van der Waals surface area contributed by atoms with Crippen molar-refractivity contribution in [2.45, 2.75) is 27.3 Å². The van der Waals surface area contributed by atoms with E-state index in [0.717, 1.165) is 11.3 Å². The third-order valence-electron chi connectivity index (χ3n) is 3.14. The van der Waals surface area contributed by atoms with E-state index in [1.807, 2.05) is 52.1 Å². The lowest BCUT2D eigenvalue weighted by atomic mass is 10.1. The van der Waals surface area contributed by atoms with Crippen LogP contribution >= 0.6 is 0 Å². The molecule has 0 bridgehead atoms. The van der Waals surface area contributed by atoms with Gasteiger partial charge in [-0.15, -0.1) is 0 Å². The van der Waals surface area contributed by atoms with E-state index in [4.69, 9.17) is 0 Å². The standard InChI is InChI=1S/C16H25N3O2/c1-11(2)15(20)19-14-7-5-6-13(8-14)10-18-16(21)12(3)9-17-4/h5-8,11-12,17H,9-10H2,1-4H3,(H,18,21)(H,19,20). The molecule has 21 heavy (non-hydrogen) atoms. The molecule has 1 aromatic carbocycles. The summed E-state index contributed by atoms with van der Waals surface area (Å²) >= 11 is 0. The minimum atomic E-state index is -0.0705. The van der Waals surface area contributed by atoms with Crippen LogP contribution in [0.25, 0.3) is 0 Å². The Morgan fingerprint density at radius 3 is 2.48 bits per heavy atom. The van der Waals surface area contributed by atoms with Crippen LogP contribution in [0.1, 0.15) is 26.3 Å². The summed E-state index contributed by atoms with van der Waals surface area (Å²) in [7, 11) is 1.82. The molecule has 5 heteroatoms.